The van der Waals surface area contributed by atoms with Crippen LogP contribution in [0.15, 0.2) is 30.5 Å². The third kappa shape index (κ3) is 4.74. The number of hydrogen-bond acceptors (Lipinski definition) is 6. The summed E-state index contributed by atoms with van der Waals surface area (Å²) in [7, 11) is -1.87. The van der Waals surface area contributed by atoms with E-state index >= 15 is 0 Å². The smallest absolute Gasteiger partial charge is 0.247 e. The molecule has 0 saturated carbocycles. The zero-order valence-corrected chi connectivity index (χ0v) is 12.8. The SMILES string of the molecule is COc1ccc(NC(=O)Cn2ncc(NS(C)(=O)=O)n2)cc1. The van der Waals surface area contributed by atoms with Gasteiger partial charge in [0.05, 0.1) is 19.6 Å². The minimum absolute atomic E-state index is 0.0553. The van der Waals surface area contributed by atoms with Crippen LogP contribution in [0.25, 0.3) is 0 Å². The summed E-state index contributed by atoms with van der Waals surface area (Å²) >= 11 is 0. The van der Waals surface area contributed by atoms with Crippen molar-refractivity contribution >= 4 is 27.4 Å². The van der Waals surface area contributed by atoms with Gasteiger partial charge in [-0.3, -0.25) is 9.52 Å². The molecule has 118 valence electrons. The summed E-state index contributed by atoms with van der Waals surface area (Å²) in [4.78, 5) is 12.9. The highest BCUT2D eigenvalue weighted by Gasteiger charge is 2.09. The van der Waals surface area contributed by atoms with Gasteiger partial charge in [0, 0.05) is 5.69 Å². The summed E-state index contributed by atoms with van der Waals surface area (Å²) in [6.07, 6.45) is 2.23. The maximum Gasteiger partial charge on any atom is 0.247 e. The lowest BCUT2D eigenvalue weighted by atomic mass is 10.3. The fourth-order valence-corrected chi connectivity index (χ4v) is 2.09. The summed E-state index contributed by atoms with van der Waals surface area (Å²) in [6, 6.07) is 6.83. The Labute approximate surface area is 127 Å². The van der Waals surface area contributed by atoms with Gasteiger partial charge in [-0.2, -0.15) is 9.90 Å². The van der Waals surface area contributed by atoms with Crippen LogP contribution < -0.4 is 14.8 Å². The minimum Gasteiger partial charge on any atom is -0.497 e. The van der Waals surface area contributed by atoms with E-state index in [-0.39, 0.29) is 18.3 Å². The molecule has 0 unspecified atom stereocenters. The first kappa shape index (κ1) is 15.8. The zero-order chi connectivity index (χ0) is 16.2. The van der Waals surface area contributed by atoms with Gasteiger partial charge in [0.25, 0.3) is 0 Å². The van der Waals surface area contributed by atoms with E-state index in [1.165, 1.54) is 6.20 Å². The first-order valence-corrected chi connectivity index (χ1v) is 8.07. The number of nitrogens with zero attached hydrogens (tertiary/aromatic N) is 3. The number of aromatic nitrogens is 3. The molecule has 1 heterocycles. The van der Waals surface area contributed by atoms with Crippen LogP contribution >= 0.6 is 0 Å². The van der Waals surface area contributed by atoms with Crippen LogP contribution in [0.2, 0.25) is 0 Å². The summed E-state index contributed by atoms with van der Waals surface area (Å²) in [6.45, 7) is -0.141. The maximum atomic E-state index is 11.8. The number of sulfonamides is 1. The molecule has 0 atom stereocenters. The highest BCUT2D eigenvalue weighted by Crippen LogP contribution is 2.14. The van der Waals surface area contributed by atoms with Gasteiger partial charge in [-0.05, 0) is 24.3 Å². The van der Waals surface area contributed by atoms with Gasteiger partial charge in [0.1, 0.15) is 12.3 Å². The van der Waals surface area contributed by atoms with Crippen LogP contribution in [-0.4, -0.2) is 42.7 Å². The van der Waals surface area contributed by atoms with E-state index in [0.29, 0.717) is 11.4 Å². The van der Waals surface area contributed by atoms with Gasteiger partial charge in [-0.1, -0.05) is 0 Å². The van der Waals surface area contributed by atoms with Crippen molar-refractivity contribution in [3.05, 3.63) is 30.5 Å². The van der Waals surface area contributed by atoms with E-state index in [4.69, 9.17) is 4.74 Å². The average Bonchev–Trinajstić information content (AvgIpc) is 2.84. The molecule has 0 fully saturated rings. The number of benzene rings is 1. The standard InChI is InChI=1S/C12H15N5O4S/c1-21-10-5-3-9(4-6-10)14-12(18)8-17-13-7-11(15-17)16-22(2,19)20/h3-7H,8H2,1-2H3,(H,14,18)(H,15,16). The zero-order valence-electron chi connectivity index (χ0n) is 12.0. The predicted octanol–water partition coefficient (Wildman–Crippen LogP) is 0.297. The summed E-state index contributed by atoms with van der Waals surface area (Å²) in [5, 5.41) is 10.3. The molecule has 0 spiro atoms. The molecule has 0 radical (unpaired) electrons. The molecule has 0 saturated heterocycles. The molecule has 2 aromatic rings. The number of hydrogen-bond donors (Lipinski definition) is 2. The van der Waals surface area contributed by atoms with Crippen LogP contribution in [0, 0.1) is 0 Å². The molecule has 0 aliphatic rings. The molecule has 2 N–H and O–H groups in total. The van der Waals surface area contributed by atoms with Gasteiger partial charge in [-0.15, -0.1) is 5.10 Å². The number of ether oxygens (including phenoxy) is 1. The van der Waals surface area contributed by atoms with Crippen LogP contribution in [0.3, 0.4) is 0 Å². The number of carbonyl (C=O) groups excluding carboxylic acids is 1. The molecule has 2 rings (SSSR count). The molecule has 10 heteroatoms. The number of carbonyl (C=O) groups is 1. The van der Waals surface area contributed by atoms with E-state index < -0.39 is 10.0 Å². The van der Waals surface area contributed by atoms with Gasteiger partial charge >= 0.3 is 0 Å². The van der Waals surface area contributed by atoms with Gasteiger partial charge in [0.2, 0.25) is 15.9 Å². The second-order valence-corrected chi connectivity index (χ2v) is 6.16. The summed E-state index contributed by atoms with van der Waals surface area (Å²) < 4.78 is 29.3. The van der Waals surface area contributed by atoms with Crippen molar-refractivity contribution in [2.24, 2.45) is 0 Å². The number of amides is 1. The largest absolute Gasteiger partial charge is 0.497 e. The Kier molecular flexibility index (Phi) is 4.61. The van der Waals surface area contributed by atoms with Crippen molar-refractivity contribution < 1.29 is 17.9 Å². The lowest BCUT2D eigenvalue weighted by Crippen LogP contribution is -2.20. The van der Waals surface area contributed by atoms with Crippen LogP contribution in [0.4, 0.5) is 11.5 Å². The highest BCUT2D eigenvalue weighted by molar-refractivity contribution is 7.92. The first-order valence-electron chi connectivity index (χ1n) is 6.17. The lowest BCUT2D eigenvalue weighted by molar-refractivity contribution is -0.117. The van der Waals surface area contributed by atoms with E-state index in [1.807, 2.05) is 0 Å². The number of methoxy groups -OCH3 is 1. The highest BCUT2D eigenvalue weighted by atomic mass is 32.2. The Balaban J connectivity index is 1.94. The van der Waals surface area contributed by atoms with Gasteiger partial charge < -0.3 is 10.1 Å². The van der Waals surface area contributed by atoms with Crippen LogP contribution in [0.5, 0.6) is 5.75 Å². The number of nitrogens with one attached hydrogen (secondary N) is 2. The molecular weight excluding hydrogens is 310 g/mol. The molecule has 0 bridgehead atoms. The van der Waals surface area contributed by atoms with E-state index in [1.54, 1.807) is 31.4 Å². The Morgan fingerprint density at radius 1 is 1.32 bits per heavy atom. The van der Waals surface area contributed by atoms with Gasteiger partial charge in [0.15, 0.2) is 5.82 Å². The normalized spacial score (nSPS) is 11.0. The summed E-state index contributed by atoms with van der Waals surface area (Å²) in [5.41, 5.74) is 0.604. The van der Waals surface area contributed by atoms with Crippen LogP contribution in [-0.2, 0) is 21.4 Å². The Morgan fingerprint density at radius 3 is 2.59 bits per heavy atom. The molecule has 22 heavy (non-hydrogen) atoms. The molecule has 1 amide bonds. The van der Waals surface area contributed by atoms with E-state index in [0.717, 1.165) is 11.1 Å². The molecule has 1 aromatic heterocycles. The lowest BCUT2D eigenvalue weighted by Gasteiger charge is -2.05. The quantitative estimate of drug-likeness (QED) is 0.789. The van der Waals surface area contributed by atoms with Crippen molar-refractivity contribution in [2.75, 3.05) is 23.4 Å². The third-order valence-electron chi connectivity index (χ3n) is 2.49. The molecule has 1 aromatic carbocycles. The van der Waals surface area contributed by atoms with Gasteiger partial charge in [-0.25, -0.2) is 8.42 Å². The predicted molar refractivity (Wildman–Crippen MR) is 80.1 cm³/mol. The molecule has 9 nitrogen and oxygen atoms in total. The summed E-state index contributed by atoms with van der Waals surface area (Å²) in [5.74, 6) is 0.398. The fourth-order valence-electron chi connectivity index (χ4n) is 1.61. The second-order valence-electron chi connectivity index (χ2n) is 4.41. The van der Waals surface area contributed by atoms with Crippen molar-refractivity contribution in [1.82, 2.24) is 15.0 Å². The average molecular weight is 325 g/mol. The number of rotatable bonds is 6. The van der Waals surface area contributed by atoms with Crippen molar-refractivity contribution in [2.45, 2.75) is 6.54 Å². The third-order valence-corrected chi connectivity index (χ3v) is 3.07. The minimum atomic E-state index is -3.43. The van der Waals surface area contributed by atoms with E-state index in [9.17, 15) is 13.2 Å². The van der Waals surface area contributed by atoms with Crippen LogP contribution in [0.1, 0.15) is 0 Å². The topological polar surface area (TPSA) is 115 Å². The van der Waals surface area contributed by atoms with Crippen molar-refractivity contribution in [1.29, 1.82) is 0 Å². The van der Waals surface area contributed by atoms with Crippen molar-refractivity contribution in [3.8, 4) is 5.75 Å². The maximum absolute atomic E-state index is 11.8. The fraction of sp³-hybridized carbons (Fsp3) is 0.250. The second kappa shape index (κ2) is 6.43. The molecule has 0 aliphatic heterocycles. The molecule has 0 aliphatic carbocycles. The molecular formula is C12H15N5O4S. The van der Waals surface area contributed by atoms with E-state index in [2.05, 4.69) is 20.2 Å². The monoisotopic (exact) mass is 325 g/mol. The Hall–Kier alpha value is -2.62. The Bertz CT molecular complexity index is 754. The Morgan fingerprint density at radius 2 is 2.00 bits per heavy atom. The number of anilines is 2. The van der Waals surface area contributed by atoms with Crippen molar-refractivity contribution in [3.63, 3.8) is 0 Å². The first-order chi connectivity index (χ1) is 10.4.